The van der Waals surface area contributed by atoms with E-state index in [4.69, 9.17) is 9.22 Å². The highest BCUT2D eigenvalue weighted by molar-refractivity contribution is 6.85. The average molecular weight is 293 g/mol. The molecule has 0 radical (unpaired) electrons. The number of aliphatic hydroxyl groups is 2. The lowest BCUT2D eigenvalue weighted by Gasteiger charge is -2.39. The summed E-state index contributed by atoms with van der Waals surface area (Å²) < 4.78 is 6.55. The fraction of sp³-hybridized carbons (Fsp3) is 1.00. The summed E-state index contributed by atoms with van der Waals surface area (Å²) in [6.45, 7) is 11.8. The SMILES string of the molecule is CCCC(CCO)[Si](C)(C)O[Si](C)(C)CCCO. The summed E-state index contributed by atoms with van der Waals surface area (Å²) >= 11 is 0. The molecule has 0 aromatic carbocycles. The van der Waals surface area contributed by atoms with E-state index >= 15 is 0 Å². The second-order valence-electron chi connectivity index (χ2n) is 6.29. The first-order chi connectivity index (χ1) is 8.29. The smallest absolute Gasteiger partial charge is 0.176 e. The van der Waals surface area contributed by atoms with Gasteiger partial charge in [0.1, 0.15) is 0 Å². The van der Waals surface area contributed by atoms with Crippen LogP contribution in [0.5, 0.6) is 0 Å². The van der Waals surface area contributed by atoms with Crippen molar-refractivity contribution < 1.29 is 14.3 Å². The molecule has 0 bridgehead atoms. The van der Waals surface area contributed by atoms with Crippen molar-refractivity contribution >= 4 is 16.6 Å². The third-order valence-corrected chi connectivity index (χ3v) is 12.0. The molecule has 18 heavy (non-hydrogen) atoms. The van der Waals surface area contributed by atoms with E-state index in [-0.39, 0.29) is 13.2 Å². The number of aliphatic hydroxyl groups excluding tert-OH is 2. The molecule has 1 atom stereocenters. The van der Waals surface area contributed by atoms with Crippen LogP contribution in [0.4, 0.5) is 0 Å². The number of rotatable bonds is 10. The summed E-state index contributed by atoms with van der Waals surface area (Å²) in [6, 6.07) is 1.03. The minimum absolute atomic E-state index is 0.261. The normalized spacial score (nSPS) is 14.8. The van der Waals surface area contributed by atoms with Gasteiger partial charge in [0.25, 0.3) is 0 Å². The van der Waals surface area contributed by atoms with Gasteiger partial charge in [0.2, 0.25) is 0 Å². The summed E-state index contributed by atoms with van der Waals surface area (Å²) in [6.07, 6.45) is 4.03. The van der Waals surface area contributed by atoms with Crippen LogP contribution in [0.3, 0.4) is 0 Å². The van der Waals surface area contributed by atoms with Crippen molar-refractivity contribution in [2.24, 2.45) is 0 Å². The summed E-state index contributed by atoms with van der Waals surface area (Å²) in [5.74, 6) is 0. The van der Waals surface area contributed by atoms with Crippen LogP contribution in [-0.4, -0.2) is 40.1 Å². The number of hydrogen-bond donors (Lipinski definition) is 2. The van der Waals surface area contributed by atoms with Gasteiger partial charge in [0.05, 0.1) is 0 Å². The van der Waals surface area contributed by atoms with Gasteiger partial charge in [-0.05, 0) is 50.6 Å². The molecule has 0 spiro atoms. The van der Waals surface area contributed by atoms with Crippen LogP contribution < -0.4 is 0 Å². The van der Waals surface area contributed by atoms with Crippen LogP contribution in [0.2, 0.25) is 37.8 Å². The summed E-state index contributed by atoms with van der Waals surface area (Å²) in [4.78, 5) is 0. The lowest BCUT2D eigenvalue weighted by atomic mass is 10.2. The van der Waals surface area contributed by atoms with E-state index in [1.54, 1.807) is 0 Å². The van der Waals surface area contributed by atoms with E-state index in [0.29, 0.717) is 5.54 Å². The van der Waals surface area contributed by atoms with Crippen LogP contribution >= 0.6 is 0 Å². The van der Waals surface area contributed by atoms with Gasteiger partial charge in [-0.25, -0.2) is 0 Å². The molecule has 0 saturated carbocycles. The zero-order valence-corrected chi connectivity index (χ0v) is 14.8. The Hall–Kier alpha value is 0.314. The Labute approximate surface area is 115 Å². The molecule has 1 unspecified atom stereocenters. The maximum atomic E-state index is 9.21. The Bertz CT molecular complexity index is 214. The van der Waals surface area contributed by atoms with Crippen molar-refractivity contribution in [2.75, 3.05) is 13.2 Å². The molecule has 0 fully saturated rings. The zero-order valence-electron chi connectivity index (χ0n) is 12.8. The van der Waals surface area contributed by atoms with Crippen LogP contribution in [0.1, 0.15) is 32.6 Å². The Balaban J connectivity index is 4.56. The molecule has 0 rings (SSSR count). The van der Waals surface area contributed by atoms with E-state index in [1.807, 2.05) is 0 Å². The van der Waals surface area contributed by atoms with E-state index in [2.05, 4.69) is 33.1 Å². The zero-order chi connectivity index (χ0) is 14.2. The molecule has 0 aliphatic carbocycles. The standard InChI is InChI=1S/C13H32O3Si2/c1-6-8-13(9-11-15)18(4,5)16-17(2,3)12-7-10-14/h13-15H,6-12H2,1-5H3. The monoisotopic (exact) mass is 292 g/mol. The second-order valence-corrected chi connectivity index (χ2v) is 15.1. The molecule has 0 aromatic heterocycles. The first-order valence-corrected chi connectivity index (χ1v) is 13.3. The van der Waals surface area contributed by atoms with Crippen molar-refractivity contribution in [1.82, 2.24) is 0 Å². The Morgan fingerprint density at radius 1 is 1.00 bits per heavy atom. The minimum Gasteiger partial charge on any atom is -0.455 e. The molecular formula is C13H32O3Si2. The van der Waals surface area contributed by atoms with Crippen molar-refractivity contribution in [3.05, 3.63) is 0 Å². The molecule has 0 aliphatic heterocycles. The van der Waals surface area contributed by atoms with Crippen LogP contribution in [0, 0.1) is 0 Å². The topological polar surface area (TPSA) is 49.7 Å². The molecule has 110 valence electrons. The predicted molar refractivity (Wildman–Crippen MR) is 82.9 cm³/mol. The first kappa shape index (κ1) is 18.3. The molecule has 3 nitrogen and oxygen atoms in total. The third-order valence-electron chi connectivity index (χ3n) is 3.57. The fourth-order valence-electron chi connectivity index (χ4n) is 2.70. The molecule has 0 aliphatic rings. The van der Waals surface area contributed by atoms with Crippen LogP contribution in [0.25, 0.3) is 0 Å². The highest BCUT2D eigenvalue weighted by Gasteiger charge is 2.38. The second kappa shape index (κ2) is 8.48. The van der Waals surface area contributed by atoms with Crippen molar-refractivity contribution in [3.8, 4) is 0 Å². The van der Waals surface area contributed by atoms with Gasteiger partial charge in [-0.15, -0.1) is 0 Å². The third kappa shape index (κ3) is 7.04. The molecular weight excluding hydrogens is 260 g/mol. The molecule has 0 aromatic rings. The summed E-state index contributed by atoms with van der Waals surface area (Å²) in [5, 5.41) is 18.2. The molecule has 0 amide bonds. The highest BCUT2D eigenvalue weighted by Crippen LogP contribution is 2.34. The van der Waals surface area contributed by atoms with Gasteiger partial charge in [-0.3, -0.25) is 0 Å². The quantitative estimate of drug-likeness (QED) is 0.607. The van der Waals surface area contributed by atoms with Gasteiger partial charge >= 0.3 is 0 Å². The Kier molecular flexibility index (Phi) is 8.63. The fourth-order valence-corrected chi connectivity index (χ4v) is 12.3. The summed E-state index contributed by atoms with van der Waals surface area (Å²) in [7, 11) is -3.40. The van der Waals surface area contributed by atoms with E-state index in [1.165, 1.54) is 0 Å². The molecule has 2 N–H and O–H groups in total. The molecule has 0 heterocycles. The minimum atomic E-state index is -1.74. The van der Waals surface area contributed by atoms with E-state index < -0.39 is 16.6 Å². The number of hydrogen-bond acceptors (Lipinski definition) is 3. The lowest BCUT2D eigenvalue weighted by Crippen LogP contribution is -2.47. The van der Waals surface area contributed by atoms with Gasteiger partial charge in [0, 0.05) is 13.2 Å². The van der Waals surface area contributed by atoms with Gasteiger partial charge in [-0.1, -0.05) is 19.8 Å². The summed E-state index contributed by atoms with van der Waals surface area (Å²) in [5.41, 5.74) is 0.549. The van der Waals surface area contributed by atoms with Crippen molar-refractivity contribution in [1.29, 1.82) is 0 Å². The first-order valence-electron chi connectivity index (χ1n) is 7.21. The maximum absolute atomic E-state index is 9.21. The van der Waals surface area contributed by atoms with Crippen molar-refractivity contribution in [2.45, 2.75) is 70.4 Å². The average Bonchev–Trinajstić information content (AvgIpc) is 2.25. The lowest BCUT2D eigenvalue weighted by molar-refractivity contribution is 0.277. The molecule has 5 heteroatoms. The van der Waals surface area contributed by atoms with Crippen LogP contribution in [-0.2, 0) is 4.12 Å². The van der Waals surface area contributed by atoms with Crippen LogP contribution in [0.15, 0.2) is 0 Å². The maximum Gasteiger partial charge on any atom is 0.176 e. The van der Waals surface area contributed by atoms with Gasteiger partial charge in [0.15, 0.2) is 16.6 Å². The van der Waals surface area contributed by atoms with Gasteiger partial charge < -0.3 is 14.3 Å². The van der Waals surface area contributed by atoms with Gasteiger partial charge in [-0.2, -0.15) is 0 Å². The Morgan fingerprint density at radius 3 is 2.06 bits per heavy atom. The largest absolute Gasteiger partial charge is 0.455 e. The van der Waals surface area contributed by atoms with Crippen molar-refractivity contribution in [3.63, 3.8) is 0 Å². The van der Waals surface area contributed by atoms with E-state index in [9.17, 15) is 5.11 Å². The predicted octanol–water partition coefficient (Wildman–Crippen LogP) is 3.35. The molecule has 0 saturated heterocycles. The highest BCUT2D eigenvalue weighted by atomic mass is 28.4. The Morgan fingerprint density at radius 2 is 1.61 bits per heavy atom. The van der Waals surface area contributed by atoms with E-state index in [0.717, 1.165) is 31.7 Å².